The van der Waals surface area contributed by atoms with E-state index < -0.39 is 11.7 Å². The first-order chi connectivity index (χ1) is 11.6. The van der Waals surface area contributed by atoms with Crippen molar-refractivity contribution in [3.63, 3.8) is 0 Å². The number of amides is 1. The fourth-order valence-electron chi connectivity index (χ4n) is 3.44. The summed E-state index contributed by atoms with van der Waals surface area (Å²) in [5, 5.41) is 9.88. The van der Waals surface area contributed by atoms with Crippen LogP contribution in [0.25, 0.3) is 11.1 Å². The van der Waals surface area contributed by atoms with Gasteiger partial charge in [-0.15, -0.1) is 0 Å². The van der Waals surface area contributed by atoms with E-state index in [1.807, 2.05) is 42.5 Å². The number of hydrogen-bond donors (Lipinski definition) is 1. The summed E-state index contributed by atoms with van der Waals surface area (Å²) in [6, 6.07) is 15.8. The Kier molecular flexibility index (Phi) is 4.78. The van der Waals surface area contributed by atoms with Crippen LogP contribution < -0.4 is 0 Å². The van der Waals surface area contributed by atoms with Crippen molar-refractivity contribution in [1.29, 1.82) is 0 Å². The maximum atomic E-state index is 11.2. The minimum Gasteiger partial charge on any atom is -0.465 e. The van der Waals surface area contributed by atoms with E-state index in [-0.39, 0.29) is 0 Å². The van der Waals surface area contributed by atoms with Crippen molar-refractivity contribution in [2.75, 3.05) is 20.2 Å². The zero-order valence-electron chi connectivity index (χ0n) is 13.5. The topological polar surface area (TPSA) is 49.8 Å². The Morgan fingerprint density at radius 2 is 1.67 bits per heavy atom. The number of nitrogens with zero attached hydrogens (tertiary/aromatic N) is 1. The molecule has 0 spiro atoms. The fourth-order valence-corrected chi connectivity index (χ4v) is 3.68. The molecule has 2 aromatic rings. The summed E-state index contributed by atoms with van der Waals surface area (Å²) in [6.45, 7) is 0.917. The summed E-state index contributed by atoms with van der Waals surface area (Å²) >= 11 is 6.40. The van der Waals surface area contributed by atoms with Crippen LogP contribution in [0.1, 0.15) is 18.4 Å². The number of benzene rings is 2. The molecule has 0 atom stereocenters. The van der Waals surface area contributed by atoms with Gasteiger partial charge in [-0.25, -0.2) is 4.79 Å². The lowest BCUT2D eigenvalue weighted by Gasteiger charge is -2.41. The molecule has 4 nitrogen and oxygen atoms in total. The molecule has 0 aliphatic carbocycles. The number of hydrogen-bond acceptors (Lipinski definition) is 2. The van der Waals surface area contributed by atoms with Gasteiger partial charge in [0.15, 0.2) is 0 Å². The molecule has 1 aliphatic heterocycles. The normalized spacial score (nSPS) is 16.8. The van der Waals surface area contributed by atoms with Gasteiger partial charge in [-0.2, -0.15) is 0 Å². The van der Waals surface area contributed by atoms with Crippen molar-refractivity contribution < 1.29 is 14.6 Å². The summed E-state index contributed by atoms with van der Waals surface area (Å²) in [6.07, 6.45) is 0.369. The zero-order chi connectivity index (χ0) is 17.2. The highest BCUT2D eigenvalue weighted by atomic mass is 35.5. The monoisotopic (exact) mass is 345 g/mol. The lowest BCUT2D eigenvalue weighted by molar-refractivity contribution is -0.0578. The lowest BCUT2D eigenvalue weighted by Crippen LogP contribution is -2.45. The SMILES string of the molecule is COC1(c2ccccc2-c2ccccc2Cl)CCN(C(=O)O)CC1. The van der Waals surface area contributed by atoms with E-state index in [9.17, 15) is 9.90 Å². The van der Waals surface area contributed by atoms with Gasteiger partial charge < -0.3 is 14.7 Å². The molecule has 1 aliphatic rings. The first-order valence-electron chi connectivity index (χ1n) is 7.95. The third-order valence-electron chi connectivity index (χ3n) is 4.81. The number of methoxy groups -OCH3 is 1. The highest BCUT2D eigenvalue weighted by molar-refractivity contribution is 6.33. The second kappa shape index (κ2) is 6.83. The predicted octanol–water partition coefficient (Wildman–Crippen LogP) is 4.62. The van der Waals surface area contributed by atoms with E-state index in [4.69, 9.17) is 16.3 Å². The number of rotatable bonds is 3. The standard InChI is InChI=1S/C19H20ClNO3/c1-24-19(10-12-21(13-11-19)18(22)23)16-8-4-2-6-14(16)15-7-3-5-9-17(15)20/h2-9H,10-13H2,1H3,(H,22,23). The summed E-state index contributed by atoms with van der Waals surface area (Å²) in [7, 11) is 1.69. The lowest BCUT2D eigenvalue weighted by atomic mass is 9.80. The van der Waals surface area contributed by atoms with Crippen LogP contribution in [-0.4, -0.2) is 36.3 Å². The van der Waals surface area contributed by atoms with Crippen LogP contribution in [0.5, 0.6) is 0 Å². The summed E-state index contributed by atoms with van der Waals surface area (Å²) in [4.78, 5) is 12.6. The number of carbonyl (C=O) groups is 1. The Labute approximate surface area is 146 Å². The Balaban J connectivity index is 2.03. The van der Waals surface area contributed by atoms with Gasteiger partial charge in [0.05, 0.1) is 5.60 Å². The highest BCUT2D eigenvalue weighted by Gasteiger charge is 2.39. The molecule has 1 N–H and O–H groups in total. The van der Waals surface area contributed by atoms with Gasteiger partial charge in [0.1, 0.15) is 0 Å². The summed E-state index contributed by atoms with van der Waals surface area (Å²) in [5.41, 5.74) is 2.56. The average Bonchev–Trinajstić information content (AvgIpc) is 2.62. The molecule has 0 saturated carbocycles. The van der Waals surface area contributed by atoms with Gasteiger partial charge in [-0.3, -0.25) is 0 Å². The van der Waals surface area contributed by atoms with Crippen molar-refractivity contribution >= 4 is 17.7 Å². The van der Waals surface area contributed by atoms with Crippen molar-refractivity contribution in [3.05, 3.63) is 59.1 Å². The molecule has 1 amide bonds. The summed E-state index contributed by atoms with van der Waals surface area (Å²) in [5.74, 6) is 0. The van der Waals surface area contributed by atoms with Gasteiger partial charge in [0.2, 0.25) is 0 Å². The largest absolute Gasteiger partial charge is 0.465 e. The molecule has 0 aromatic heterocycles. The Morgan fingerprint density at radius 3 is 2.25 bits per heavy atom. The quantitative estimate of drug-likeness (QED) is 0.882. The minimum atomic E-state index is -0.876. The van der Waals surface area contributed by atoms with Gasteiger partial charge >= 0.3 is 6.09 Å². The molecule has 1 heterocycles. The first kappa shape index (κ1) is 16.8. The van der Waals surface area contributed by atoms with Gasteiger partial charge in [0, 0.05) is 30.8 Å². The second-order valence-electron chi connectivity index (χ2n) is 5.99. The molecule has 24 heavy (non-hydrogen) atoms. The molecule has 0 bridgehead atoms. The highest BCUT2D eigenvalue weighted by Crippen LogP contribution is 2.42. The van der Waals surface area contributed by atoms with E-state index in [1.54, 1.807) is 7.11 Å². The molecule has 0 unspecified atom stereocenters. The average molecular weight is 346 g/mol. The van der Waals surface area contributed by atoms with Crippen LogP contribution in [-0.2, 0) is 10.3 Å². The van der Waals surface area contributed by atoms with Crippen molar-refractivity contribution in [1.82, 2.24) is 4.90 Å². The molecule has 3 rings (SSSR count). The fraction of sp³-hybridized carbons (Fsp3) is 0.316. The van der Waals surface area contributed by atoms with Gasteiger partial charge in [0.25, 0.3) is 0 Å². The molecule has 2 aromatic carbocycles. The van der Waals surface area contributed by atoms with Crippen molar-refractivity contribution in [2.24, 2.45) is 0 Å². The van der Waals surface area contributed by atoms with E-state index in [0.717, 1.165) is 16.7 Å². The number of piperidine rings is 1. The predicted molar refractivity (Wildman–Crippen MR) is 94.4 cm³/mol. The van der Waals surface area contributed by atoms with Gasteiger partial charge in [-0.05, 0) is 30.0 Å². The summed E-state index contributed by atoms with van der Waals surface area (Å²) < 4.78 is 5.93. The number of carboxylic acid groups (broad SMARTS) is 1. The van der Waals surface area contributed by atoms with Crippen LogP contribution in [0, 0.1) is 0 Å². The van der Waals surface area contributed by atoms with Crippen LogP contribution >= 0.6 is 11.6 Å². The third-order valence-corrected chi connectivity index (χ3v) is 5.14. The maximum Gasteiger partial charge on any atom is 0.407 e. The van der Waals surface area contributed by atoms with Crippen LogP contribution in [0.2, 0.25) is 5.02 Å². The molecule has 126 valence electrons. The Bertz CT molecular complexity index is 739. The molecule has 1 fully saturated rings. The maximum absolute atomic E-state index is 11.2. The molecular weight excluding hydrogens is 326 g/mol. The Hall–Kier alpha value is -2.04. The second-order valence-corrected chi connectivity index (χ2v) is 6.40. The zero-order valence-corrected chi connectivity index (χ0v) is 14.3. The molecule has 1 saturated heterocycles. The molecule has 0 radical (unpaired) electrons. The first-order valence-corrected chi connectivity index (χ1v) is 8.32. The molecule has 5 heteroatoms. The number of ether oxygens (including phenoxy) is 1. The van der Waals surface area contributed by atoms with Crippen LogP contribution in [0.15, 0.2) is 48.5 Å². The Morgan fingerprint density at radius 1 is 1.08 bits per heavy atom. The van der Waals surface area contributed by atoms with E-state index in [2.05, 4.69) is 6.07 Å². The van der Waals surface area contributed by atoms with Crippen LogP contribution in [0.4, 0.5) is 4.79 Å². The van der Waals surface area contributed by atoms with E-state index in [1.165, 1.54) is 4.90 Å². The van der Waals surface area contributed by atoms with Crippen molar-refractivity contribution in [3.8, 4) is 11.1 Å². The van der Waals surface area contributed by atoms with Gasteiger partial charge in [-0.1, -0.05) is 54.1 Å². The minimum absolute atomic E-state index is 0.458. The van der Waals surface area contributed by atoms with Crippen LogP contribution in [0.3, 0.4) is 0 Å². The molecular formula is C19H20ClNO3. The van der Waals surface area contributed by atoms with E-state index in [0.29, 0.717) is 31.0 Å². The van der Waals surface area contributed by atoms with Crippen molar-refractivity contribution in [2.45, 2.75) is 18.4 Å². The number of likely N-dealkylation sites (tertiary alicyclic amines) is 1. The number of halogens is 1. The smallest absolute Gasteiger partial charge is 0.407 e. The third kappa shape index (κ3) is 2.99. The van der Waals surface area contributed by atoms with E-state index >= 15 is 0 Å².